The predicted molar refractivity (Wildman–Crippen MR) is 102 cm³/mol. The number of likely N-dealkylation sites (tertiary alicyclic amines) is 1. The molecule has 27 heavy (non-hydrogen) atoms. The normalized spacial score (nSPS) is 16.5. The lowest BCUT2D eigenvalue weighted by molar-refractivity contribution is 0.158. The molecular formula is C20H28FN5O. The topological polar surface area (TPSA) is 63.1 Å². The largest absolute Gasteiger partial charge is 0.335 e. The molecule has 1 aliphatic heterocycles. The van der Waals surface area contributed by atoms with Gasteiger partial charge < -0.3 is 10.2 Å². The number of benzene rings is 1. The zero-order chi connectivity index (χ0) is 19.2. The molecule has 2 heterocycles. The SMILES string of the molecule is CC(C)C(Cc1ccc(F)cc1)NC(=O)N1CCC(Cn2ccnn2)CC1. The van der Waals surface area contributed by atoms with Crippen molar-refractivity contribution >= 4 is 6.03 Å². The minimum absolute atomic E-state index is 0.00461. The average molecular weight is 373 g/mol. The van der Waals surface area contributed by atoms with Gasteiger partial charge in [-0.05, 0) is 48.8 Å². The number of amides is 2. The van der Waals surface area contributed by atoms with Crippen molar-refractivity contribution in [2.75, 3.05) is 13.1 Å². The third kappa shape index (κ3) is 5.52. The summed E-state index contributed by atoms with van der Waals surface area (Å²) < 4.78 is 15.0. The quantitative estimate of drug-likeness (QED) is 0.846. The van der Waals surface area contributed by atoms with E-state index in [9.17, 15) is 9.18 Å². The number of nitrogens with zero attached hydrogens (tertiary/aromatic N) is 4. The van der Waals surface area contributed by atoms with Crippen LogP contribution in [0.15, 0.2) is 36.7 Å². The fraction of sp³-hybridized carbons (Fsp3) is 0.550. The maximum Gasteiger partial charge on any atom is 0.317 e. The van der Waals surface area contributed by atoms with Gasteiger partial charge in [0.05, 0.1) is 6.20 Å². The van der Waals surface area contributed by atoms with Gasteiger partial charge in [-0.3, -0.25) is 4.68 Å². The molecule has 1 saturated heterocycles. The highest BCUT2D eigenvalue weighted by atomic mass is 19.1. The van der Waals surface area contributed by atoms with Crippen molar-refractivity contribution in [2.24, 2.45) is 11.8 Å². The highest BCUT2D eigenvalue weighted by Crippen LogP contribution is 2.19. The molecule has 0 radical (unpaired) electrons. The van der Waals surface area contributed by atoms with E-state index in [-0.39, 0.29) is 17.9 Å². The summed E-state index contributed by atoms with van der Waals surface area (Å²) in [6.07, 6.45) is 6.21. The Hall–Kier alpha value is -2.44. The Morgan fingerprint density at radius 3 is 2.56 bits per heavy atom. The van der Waals surface area contributed by atoms with Crippen LogP contribution in [0, 0.1) is 17.7 Å². The van der Waals surface area contributed by atoms with Crippen LogP contribution >= 0.6 is 0 Å². The molecule has 1 atom stereocenters. The van der Waals surface area contributed by atoms with Gasteiger partial charge in [-0.15, -0.1) is 5.10 Å². The molecule has 1 aromatic heterocycles. The van der Waals surface area contributed by atoms with E-state index in [0.29, 0.717) is 18.3 Å². The first kappa shape index (κ1) is 19.3. The zero-order valence-corrected chi connectivity index (χ0v) is 16.0. The standard InChI is InChI=1S/C20H28FN5O/c1-15(2)19(13-16-3-5-18(21)6-4-16)23-20(27)25-10-7-17(8-11-25)14-26-12-9-22-24-26/h3-6,9,12,15,17,19H,7-8,10-11,13-14H2,1-2H3,(H,23,27). The fourth-order valence-corrected chi connectivity index (χ4v) is 3.49. The molecule has 7 heteroatoms. The second-order valence-corrected chi connectivity index (χ2v) is 7.69. The Morgan fingerprint density at radius 1 is 1.26 bits per heavy atom. The zero-order valence-electron chi connectivity index (χ0n) is 16.0. The second-order valence-electron chi connectivity index (χ2n) is 7.69. The maximum absolute atomic E-state index is 13.1. The summed E-state index contributed by atoms with van der Waals surface area (Å²) in [5.74, 6) is 0.581. The maximum atomic E-state index is 13.1. The number of halogens is 1. The van der Waals surface area contributed by atoms with Gasteiger partial charge in [-0.1, -0.05) is 31.2 Å². The number of aromatic nitrogens is 3. The van der Waals surface area contributed by atoms with E-state index in [0.717, 1.165) is 38.0 Å². The Labute approximate surface area is 159 Å². The molecule has 0 bridgehead atoms. The molecule has 6 nitrogen and oxygen atoms in total. The summed E-state index contributed by atoms with van der Waals surface area (Å²) in [6.45, 7) is 6.56. The highest BCUT2D eigenvalue weighted by molar-refractivity contribution is 5.74. The summed E-state index contributed by atoms with van der Waals surface area (Å²) in [6, 6.07) is 6.52. The van der Waals surface area contributed by atoms with Crippen LogP contribution in [0.3, 0.4) is 0 Å². The predicted octanol–water partition coefficient (Wildman–Crippen LogP) is 3.11. The van der Waals surface area contributed by atoms with E-state index in [2.05, 4.69) is 29.5 Å². The van der Waals surface area contributed by atoms with Crippen LogP contribution < -0.4 is 5.32 Å². The summed E-state index contributed by atoms with van der Waals surface area (Å²) in [5, 5.41) is 11.0. The van der Waals surface area contributed by atoms with Crippen LogP contribution in [0.5, 0.6) is 0 Å². The number of piperidine rings is 1. The Bertz CT molecular complexity index is 708. The van der Waals surface area contributed by atoms with Gasteiger partial charge in [0.2, 0.25) is 0 Å². The summed E-state index contributed by atoms with van der Waals surface area (Å²) in [4.78, 5) is 14.6. The molecule has 2 aromatic rings. The van der Waals surface area contributed by atoms with Crippen molar-refractivity contribution in [3.63, 3.8) is 0 Å². The number of hydrogen-bond donors (Lipinski definition) is 1. The van der Waals surface area contributed by atoms with Gasteiger partial charge in [-0.2, -0.15) is 0 Å². The molecule has 1 aromatic carbocycles. The third-order valence-corrected chi connectivity index (χ3v) is 5.30. The minimum atomic E-state index is -0.238. The van der Waals surface area contributed by atoms with Gasteiger partial charge in [0.1, 0.15) is 5.82 Å². The summed E-state index contributed by atoms with van der Waals surface area (Å²) in [5.41, 5.74) is 1.03. The Kier molecular flexibility index (Phi) is 6.42. The lowest BCUT2D eigenvalue weighted by Crippen LogP contribution is -2.50. The van der Waals surface area contributed by atoms with Crippen molar-refractivity contribution in [2.45, 2.75) is 45.7 Å². The fourth-order valence-electron chi connectivity index (χ4n) is 3.49. The molecule has 146 valence electrons. The van der Waals surface area contributed by atoms with Gasteiger partial charge in [0.25, 0.3) is 0 Å². The van der Waals surface area contributed by atoms with E-state index in [1.807, 2.05) is 15.8 Å². The first-order valence-corrected chi connectivity index (χ1v) is 9.65. The number of nitrogens with one attached hydrogen (secondary N) is 1. The van der Waals surface area contributed by atoms with Crippen LogP contribution in [0.25, 0.3) is 0 Å². The van der Waals surface area contributed by atoms with Gasteiger partial charge in [-0.25, -0.2) is 9.18 Å². The molecule has 0 saturated carbocycles. The van der Waals surface area contributed by atoms with Crippen molar-refractivity contribution < 1.29 is 9.18 Å². The molecule has 2 amide bonds. The van der Waals surface area contributed by atoms with Crippen molar-refractivity contribution in [3.05, 3.63) is 48.0 Å². The Morgan fingerprint density at radius 2 is 1.96 bits per heavy atom. The highest BCUT2D eigenvalue weighted by Gasteiger charge is 2.25. The molecule has 1 fully saturated rings. The number of urea groups is 1. The molecule has 1 N–H and O–H groups in total. The van der Waals surface area contributed by atoms with E-state index >= 15 is 0 Å². The minimum Gasteiger partial charge on any atom is -0.335 e. The van der Waals surface area contributed by atoms with Crippen molar-refractivity contribution in [3.8, 4) is 0 Å². The first-order chi connectivity index (χ1) is 13.0. The molecular weight excluding hydrogens is 345 g/mol. The first-order valence-electron chi connectivity index (χ1n) is 9.65. The van der Waals surface area contributed by atoms with E-state index < -0.39 is 0 Å². The Balaban J connectivity index is 1.49. The molecule has 1 aliphatic rings. The van der Waals surface area contributed by atoms with Crippen LogP contribution in [0.2, 0.25) is 0 Å². The van der Waals surface area contributed by atoms with Crippen LogP contribution in [0.1, 0.15) is 32.3 Å². The third-order valence-electron chi connectivity index (χ3n) is 5.30. The summed E-state index contributed by atoms with van der Waals surface area (Å²) >= 11 is 0. The van der Waals surface area contributed by atoms with Gasteiger partial charge >= 0.3 is 6.03 Å². The second kappa shape index (κ2) is 8.97. The number of hydrogen-bond acceptors (Lipinski definition) is 3. The van der Waals surface area contributed by atoms with E-state index in [1.54, 1.807) is 18.3 Å². The monoisotopic (exact) mass is 373 g/mol. The summed E-state index contributed by atoms with van der Waals surface area (Å²) in [7, 11) is 0. The van der Waals surface area contributed by atoms with E-state index in [4.69, 9.17) is 0 Å². The molecule has 0 spiro atoms. The van der Waals surface area contributed by atoms with E-state index in [1.165, 1.54) is 12.1 Å². The van der Waals surface area contributed by atoms with Gasteiger partial charge in [0, 0.05) is 31.9 Å². The average Bonchev–Trinajstić information content (AvgIpc) is 3.16. The number of rotatable bonds is 6. The lowest BCUT2D eigenvalue weighted by Gasteiger charge is -2.34. The van der Waals surface area contributed by atoms with Crippen molar-refractivity contribution in [1.29, 1.82) is 0 Å². The van der Waals surface area contributed by atoms with Crippen LogP contribution in [-0.2, 0) is 13.0 Å². The van der Waals surface area contributed by atoms with Crippen LogP contribution in [-0.4, -0.2) is 45.1 Å². The van der Waals surface area contributed by atoms with Gasteiger partial charge in [0.15, 0.2) is 0 Å². The molecule has 3 rings (SSSR count). The number of carbonyl (C=O) groups excluding carboxylic acids is 1. The molecule has 1 unspecified atom stereocenters. The molecule has 0 aliphatic carbocycles. The van der Waals surface area contributed by atoms with Crippen molar-refractivity contribution in [1.82, 2.24) is 25.2 Å². The number of carbonyl (C=O) groups is 1. The smallest absolute Gasteiger partial charge is 0.317 e. The lowest BCUT2D eigenvalue weighted by atomic mass is 9.95. The van der Waals surface area contributed by atoms with Crippen LogP contribution in [0.4, 0.5) is 9.18 Å².